The van der Waals surface area contributed by atoms with Gasteiger partial charge in [0.25, 0.3) is 0 Å². The van der Waals surface area contributed by atoms with Crippen LogP contribution >= 0.6 is 0 Å². The predicted octanol–water partition coefficient (Wildman–Crippen LogP) is 0.503. The third kappa shape index (κ3) is 29.6. The molecule has 0 aromatic rings. The molecule has 0 unspecified atom stereocenters. The SMILES string of the molecule is CC(C)OCCOCCOCCOCCOCCOCCOCCOCCOCCN. The van der Waals surface area contributed by atoms with E-state index >= 15 is 0 Å². The first-order chi connectivity index (χ1) is 15.3. The van der Waals surface area contributed by atoms with E-state index in [0.29, 0.717) is 119 Å². The first-order valence-electron chi connectivity index (χ1n) is 11.2. The van der Waals surface area contributed by atoms with Gasteiger partial charge in [-0.1, -0.05) is 0 Å². The second kappa shape index (κ2) is 27.6. The van der Waals surface area contributed by atoms with Gasteiger partial charge in [0.15, 0.2) is 0 Å². The summed E-state index contributed by atoms with van der Waals surface area (Å²) in [6.07, 6.45) is 0.239. The van der Waals surface area contributed by atoms with Crippen LogP contribution in [0.4, 0.5) is 0 Å². The maximum Gasteiger partial charge on any atom is 0.0703 e. The van der Waals surface area contributed by atoms with Crippen LogP contribution < -0.4 is 5.73 Å². The zero-order chi connectivity index (χ0) is 22.7. The normalized spacial score (nSPS) is 11.6. The third-order valence-corrected chi connectivity index (χ3v) is 3.55. The fourth-order valence-electron chi connectivity index (χ4n) is 2.07. The lowest BCUT2D eigenvalue weighted by molar-refractivity contribution is -0.0267. The Kier molecular flexibility index (Phi) is 27.3. The minimum absolute atomic E-state index is 0.239. The number of nitrogens with two attached hydrogens (primary N) is 1. The highest BCUT2D eigenvalue weighted by atomic mass is 16.6. The van der Waals surface area contributed by atoms with Crippen molar-refractivity contribution in [2.75, 3.05) is 119 Å². The van der Waals surface area contributed by atoms with Crippen molar-refractivity contribution in [1.29, 1.82) is 0 Å². The maximum absolute atomic E-state index is 5.43. The highest BCUT2D eigenvalue weighted by Crippen LogP contribution is 1.88. The fourth-order valence-corrected chi connectivity index (χ4v) is 2.07. The van der Waals surface area contributed by atoms with Crippen molar-refractivity contribution in [3.63, 3.8) is 0 Å². The molecular formula is C21H45NO9. The lowest BCUT2D eigenvalue weighted by Crippen LogP contribution is -2.15. The molecule has 0 fully saturated rings. The minimum atomic E-state index is 0.239. The van der Waals surface area contributed by atoms with Crippen molar-refractivity contribution >= 4 is 0 Å². The highest BCUT2D eigenvalue weighted by Gasteiger charge is 1.96. The van der Waals surface area contributed by atoms with E-state index in [1.165, 1.54) is 0 Å². The summed E-state index contributed by atoms with van der Waals surface area (Å²) >= 11 is 0. The van der Waals surface area contributed by atoms with Gasteiger partial charge in [-0.15, -0.1) is 0 Å². The summed E-state index contributed by atoms with van der Waals surface area (Å²) < 4.78 is 48.4. The molecule has 0 aliphatic heterocycles. The van der Waals surface area contributed by atoms with Crippen molar-refractivity contribution in [3.8, 4) is 0 Å². The standard InChI is InChI=1S/C21H45NO9/c1-21(2)31-20-19-30-18-17-29-16-15-28-14-13-27-12-11-26-10-9-25-8-7-24-6-5-23-4-3-22/h21H,3-20,22H2,1-2H3. The van der Waals surface area contributed by atoms with Gasteiger partial charge in [-0.05, 0) is 13.8 Å². The Morgan fingerprint density at radius 1 is 0.387 bits per heavy atom. The Labute approximate surface area is 187 Å². The molecule has 10 nitrogen and oxygen atoms in total. The average Bonchev–Trinajstić information content (AvgIpc) is 2.76. The summed E-state index contributed by atoms with van der Waals surface area (Å²) in [7, 11) is 0. The van der Waals surface area contributed by atoms with E-state index in [2.05, 4.69) is 0 Å². The quantitative estimate of drug-likeness (QED) is 0.176. The van der Waals surface area contributed by atoms with Gasteiger partial charge in [-0.2, -0.15) is 0 Å². The second-order valence-corrected chi connectivity index (χ2v) is 6.61. The van der Waals surface area contributed by atoms with Gasteiger partial charge in [0, 0.05) is 6.54 Å². The second-order valence-electron chi connectivity index (χ2n) is 6.61. The van der Waals surface area contributed by atoms with E-state index < -0.39 is 0 Å². The van der Waals surface area contributed by atoms with Crippen molar-refractivity contribution in [1.82, 2.24) is 0 Å². The van der Waals surface area contributed by atoms with E-state index in [9.17, 15) is 0 Å². The van der Waals surface area contributed by atoms with Crippen LogP contribution in [0.5, 0.6) is 0 Å². The molecule has 188 valence electrons. The Morgan fingerprint density at radius 2 is 0.613 bits per heavy atom. The first kappa shape index (κ1) is 30.6. The molecular weight excluding hydrogens is 410 g/mol. The molecule has 0 aliphatic rings. The molecule has 0 spiro atoms. The number of ether oxygens (including phenoxy) is 9. The molecule has 0 aromatic carbocycles. The van der Waals surface area contributed by atoms with Crippen LogP contribution in [0, 0.1) is 0 Å². The smallest absolute Gasteiger partial charge is 0.0703 e. The Hall–Kier alpha value is -0.400. The van der Waals surface area contributed by atoms with Crippen LogP contribution in [0.1, 0.15) is 13.8 Å². The van der Waals surface area contributed by atoms with E-state index in [-0.39, 0.29) is 6.10 Å². The zero-order valence-corrected chi connectivity index (χ0v) is 19.6. The molecule has 0 aliphatic carbocycles. The van der Waals surface area contributed by atoms with E-state index in [1.807, 2.05) is 13.8 Å². The van der Waals surface area contributed by atoms with Gasteiger partial charge in [0.2, 0.25) is 0 Å². The van der Waals surface area contributed by atoms with Crippen molar-refractivity contribution in [2.45, 2.75) is 20.0 Å². The number of hydrogen-bond acceptors (Lipinski definition) is 10. The van der Waals surface area contributed by atoms with Crippen LogP contribution in [0.3, 0.4) is 0 Å². The maximum atomic E-state index is 5.43. The zero-order valence-electron chi connectivity index (χ0n) is 19.6. The molecule has 10 heteroatoms. The van der Waals surface area contributed by atoms with Crippen LogP contribution in [0.25, 0.3) is 0 Å². The summed E-state index contributed by atoms with van der Waals surface area (Å²) in [4.78, 5) is 0. The fraction of sp³-hybridized carbons (Fsp3) is 1.00. The third-order valence-electron chi connectivity index (χ3n) is 3.55. The first-order valence-corrected chi connectivity index (χ1v) is 11.2. The summed E-state index contributed by atoms with van der Waals surface area (Å²) in [6, 6.07) is 0. The van der Waals surface area contributed by atoms with Gasteiger partial charge in [-0.25, -0.2) is 0 Å². The molecule has 31 heavy (non-hydrogen) atoms. The molecule has 0 radical (unpaired) electrons. The van der Waals surface area contributed by atoms with Gasteiger partial charge in [0.05, 0.1) is 118 Å². The van der Waals surface area contributed by atoms with E-state index in [0.717, 1.165) is 0 Å². The monoisotopic (exact) mass is 455 g/mol. The van der Waals surface area contributed by atoms with Gasteiger partial charge >= 0.3 is 0 Å². The van der Waals surface area contributed by atoms with Crippen molar-refractivity contribution < 1.29 is 42.6 Å². The topological polar surface area (TPSA) is 109 Å². The number of hydrogen-bond donors (Lipinski definition) is 1. The van der Waals surface area contributed by atoms with Gasteiger partial charge < -0.3 is 48.4 Å². The number of rotatable bonds is 27. The Bertz CT molecular complexity index is 325. The van der Waals surface area contributed by atoms with E-state index in [4.69, 9.17) is 48.4 Å². The summed E-state index contributed by atoms with van der Waals surface area (Å²) in [5, 5.41) is 0. The summed E-state index contributed by atoms with van der Waals surface area (Å²) in [5.74, 6) is 0. The largest absolute Gasteiger partial charge is 0.378 e. The van der Waals surface area contributed by atoms with Crippen LogP contribution in [0.15, 0.2) is 0 Å². The van der Waals surface area contributed by atoms with Gasteiger partial charge in [-0.3, -0.25) is 0 Å². The van der Waals surface area contributed by atoms with E-state index in [1.54, 1.807) is 0 Å². The Balaban J connectivity index is 2.99. The molecule has 0 saturated carbocycles. The lowest BCUT2D eigenvalue weighted by Gasteiger charge is -2.09. The van der Waals surface area contributed by atoms with Gasteiger partial charge in [0.1, 0.15) is 0 Å². The molecule has 0 atom stereocenters. The predicted molar refractivity (Wildman–Crippen MR) is 117 cm³/mol. The minimum Gasteiger partial charge on any atom is -0.378 e. The molecule has 0 rings (SSSR count). The summed E-state index contributed by atoms with van der Waals surface area (Å²) in [5.41, 5.74) is 5.31. The van der Waals surface area contributed by atoms with Crippen LogP contribution in [-0.2, 0) is 42.6 Å². The molecule has 0 heterocycles. The van der Waals surface area contributed by atoms with Crippen LogP contribution in [-0.4, -0.2) is 125 Å². The summed E-state index contributed by atoms with van der Waals surface area (Å²) in [6.45, 7) is 13.9. The van der Waals surface area contributed by atoms with Crippen molar-refractivity contribution in [2.24, 2.45) is 5.73 Å². The molecule has 0 bridgehead atoms. The lowest BCUT2D eigenvalue weighted by atomic mass is 10.5. The molecule has 0 saturated heterocycles. The highest BCUT2D eigenvalue weighted by molar-refractivity contribution is 4.39. The molecule has 2 N–H and O–H groups in total. The average molecular weight is 456 g/mol. The molecule has 0 aromatic heterocycles. The van der Waals surface area contributed by atoms with Crippen molar-refractivity contribution in [3.05, 3.63) is 0 Å². The molecule has 0 amide bonds. The van der Waals surface area contributed by atoms with Crippen LogP contribution in [0.2, 0.25) is 0 Å². The Morgan fingerprint density at radius 3 is 0.839 bits per heavy atom.